The second-order valence-electron chi connectivity index (χ2n) is 5.11. The van der Waals surface area contributed by atoms with Gasteiger partial charge in [-0.05, 0) is 40.2 Å². The van der Waals surface area contributed by atoms with Gasteiger partial charge in [0.15, 0.2) is 0 Å². The second-order valence-corrected chi connectivity index (χ2v) is 7.37. The van der Waals surface area contributed by atoms with E-state index in [2.05, 4.69) is 26.0 Å². The molecule has 0 aromatic rings. The van der Waals surface area contributed by atoms with Gasteiger partial charge >= 0.3 is 0 Å². The van der Waals surface area contributed by atoms with Crippen LogP contribution in [0, 0.1) is 11.3 Å². The fraction of sp³-hybridized carbons (Fsp3) is 0.500. The van der Waals surface area contributed by atoms with E-state index in [1.807, 2.05) is 50.9 Å². The van der Waals surface area contributed by atoms with E-state index in [4.69, 9.17) is 17.5 Å². The van der Waals surface area contributed by atoms with Crippen LogP contribution in [0.15, 0.2) is 35.6 Å². The van der Waals surface area contributed by atoms with Crippen LogP contribution in [-0.4, -0.2) is 21.0 Å². The van der Waals surface area contributed by atoms with Crippen LogP contribution in [0.25, 0.3) is 0 Å². The summed E-state index contributed by atoms with van der Waals surface area (Å²) in [6.45, 7) is 10.0. The lowest BCUT2D eigenvalue weighted by molar-refractivity contribution is 0.650. The van der Waals surface area contributed by atoms with Crippen LogP contribution in [0.5, 0.6) is 0 Å². The average molecular weight is 309 g/mol. The van der Waals surface area contributed by atoms with Crippen molar-refractivity contribution < 1.29 is 0 Å². The number of hydrogen-bond donors (Lipinski definition) is 0. The highest BCUT2D eigenvalue weighted by Gasteiger charge is 2.22. The Morgan fingerprint density at radius 3 is 2.35 bits per heavy atom. The monoisotopic (exact) mass is 308 g/mol. The molecule has 0 bridgehead atoms. The van der Waals surface area contributed by atoms with E-state index in [0.717, 1.165) is 12.1 Å². The van der Waals surface area contributed by atoms with Crippen molar-refractivity contribution in [2.75, 3.05) is 7.05 Å². The number of rotatable bonds is 5. The predicted molar refractivity (Wildman–Crippen MR) is 94.6 cm³/mol. The molecular formula is C16H24N2S2. The maximum absolute atomic E-state index is 9.03. The predicted octanol–water partition coefficient (Wildman–Crippen LogP) is 5.05. The van der Waals surface area contributed by atoms with Crippen molar-refractivity contribution in [3.63, 3.8) is 0 Å². The van der Waals surface area contributed by atoms with E-state index in [1.54, 1.807) is 0 Å². The highest BCUT2D eigenvalue weighted by molar-refractivity contribution is 8.23. The summed E-state index contributed by atoms with van der Waals surface area (Å²) in [5.41, 5.74) is 2.40. The molecule has 2 nitrogen and oxygen atoms in total. The Bertz CT molecular complexity index is 465. The summed E-state index contributed by atoms with van der Waals surface area (Å²) < 4.78 is 0.210. The molecule has 0 aliphatic heterocycles. The smallest absolute Gasteiger partial charge is 0.141 e. The second kappa shape index (κ2) is 8.99. The molecule has 0 aliphatic carbocycles. The van der Waals surface area contributed by atoms with Gasteiger partial charge in [-0.2, -0.15) is 5.26 Å². The summed E-state index contributed by atoms with van der Waals surface area (Å²) in [5.74, 6) is 0. The van der Waals surface area contributed by atoms with Crippen molar-refractivity contribution in [1.29, 1.82) is 5.26 Å². The molecule has 0 radical (unpaired) electrons. The standard InChI is InChI=1S/C16H24N2S2/c1-7-13(2)10-8-9-11-14(3)18(6)15(19)20-16(4,5)12-17/h8-11H,7H2,1-6H3/b9-8-,13-10+,14-11+. The molecule has 4 heteroatoms. The lowest BCUT2D eigenvalue weighted by Gasteiger charge is -2.24. The molecule has 0 aliphatic rings. The summed E-state index contributed by atoms with van der Waals surface area (Å²) >= 11 is 6.77. The quantitative estimate of drug-likeness (QED) is 0.524. The fourth-order valence-electron chi connectivity index (χ4n) is 1.10. The first kappa shape index (κ1) is 18.9. The van der Waals surface area contributed by atoms with Gasteiger partial charge in [0.25, 0.3) is 0 Å². The first-order valence-corrected chi connectivity index (χ1v) is 7.84. The zero-order valence-electron chi connectivity index (χ0n) is 13.2. The van der Waals surface area contributed by atoms with Gasteiger partial charge < -0.3 is 4.90 Å². The molecule has 0 aromatic carbocycles. The van der Waals surface area contributed by atoms with Crippen molar-refractivity contribution in [3.05, 3.63) is 35.6 Å². The van der Waals surface area contributed by atoms with Crippen LogP contribution >= 0.6 is 24.0 Å². The van der Waals surface area contributed by atoms with Crippen molar-refractivity contribution in [2.24, 2.45) is 0 Å². The van der Waals surface area contributed by atoms with E-state index in [1.165, 1.54) is 17.3 Å². The lowest BCUT2D eigenvalue weighted by atomic mass is 10.2. The van der Waals surface area contributed by atoms with Crippen molar-refractivity contribution in [1.82, 2.24) is 4.90 Å². The highest BCUT2D eigenvalue weighted by atomic mass is 32.2. The van der Waals surface area contributed by atoms with Crippen molar-refractivity contribution in [3.8, 4) is 6.07 Å². The molecule has 0 saturated heterocycles. The minimum Gasteiger partial charge on any atom is -0.334 e. The Kier molecular flexibility index (Phi) is 8.52. The molecule has 0 atom stereocenters. The minimum atomic E-state index is -0.498. The minimum absolute atomic E-state index is 0.498. The third kappa shape index (κ3) is 7.52. The molecule has 0 amide bonds. The van der Waals surface area contributed by atoms with Crippen LogP contribution in [0.2, 0.25) is 0 Å². The van der Waals surface area contributed by atoms with E-state index in [9.17, 15) is 0 Å². The molecule has 110 valence electrons. The van der Waals surface area contributed by atoms with Gasteiger partial charge in [-0.15, -0.1) is 0 Å². The molecule has 0 rings (SSSR count). The number of hydrogen-bond acceptors (Lipinski definition) is 3. The topological polar surface area (TPSA) is 27.0 Å². The number of nitrogens with zero attached hydrogens (tertiary/aromatic N) is 2. The lowest BCUT2D eigenvalue weighted by Crippen LogP contribution is -2.25. The maximum atomic E-state index is 9.03. The summed E-state index contributed by atoms with van der Waals surface area (Å²) in [6, 6.07) is 2.24. The largest absolute Gasteiger partial charge is 0.334 e. The van der Waals surface area contributed by atoms with Crippen LogP contribution in [0.3, 0.4) is 0 Å². The Labute approximate surface area is 133 Å². The van der Waals surface area contributed by atoms with Gasteiger partial charge in [-0.1, -0.05) is 54.7 Å². The third-order valence-corrected chi connectivity index (χ3v) is 4.38. The van der Waals surface area contributed by atoms with Gasteiger partial charge in [-0.25, -0.2) is 0 Å². The number of nitriles is 1. The third-order valence-electron chi connectivity index (χ3n) is 2.80. The molecule has 0 N–H and O–H groups in total. The Morgan fingerprint density at radius 1 is 1.30 bits per heavy atom. The van der Waals surface area contributed by atoms with Gasteiger partial charge in [-0.3, -0.25) is 0 Å². The summed E-state index contributed by atoms with van der Waals surface area (Å²) in [4.78, 5) is 1.93. The van der Waals surface area contributed by atoms with E-state index in [-0.39, 0.29) is 0 Å². The van der Waals surface area contributed by atoms with E-state index in [0.29, 0.717) is 4.32 Å². The maximum Gasteiger partial charge on any atom is 0.141 e. The first-order valence-electron chi connectivity index (χ1n) is 6.62. The number of thioether (sulfide) groups is 1. The van der Waals surface area contributed by atoms with Crippen molar-refractivity contribution in [2.45, 2.75) is 45.8 Å². The number of allylic oxidation sites excluding steroid dienone is 6. The molecular weight excluding hydrogens is 284 g/mol. The van der Waals surface area contributed by atoms with Crippen LogP contribution < -0.4 is 0 Å². The van der Waals surface area contributed by atoms with E-state index < -0.39 is 4.75 Å². The van der Waals surface area contributed by atoms with Crippen LogP contribution in [0.1, 0.15) is 41.0 Å². The molecule has 0 heterocycles. The molecule has 0 saturated carbocycles. The molecule has 0 unspecified atom stereocenters. The van der Waals surface area contributed by atoms with Gasteiger partial charge in [0.1, 0.15) is 9.07 Å². The van der Waals surface area contributed by atoms with Gasteiger partial charge in [0.05, 0.1) is 6.07 Å². The molecule has 0 aromatic heterocycles. The summed E-state index contributed by atoms with van der Waals surface area (Å²) in [6.07, 6.45) is 9.23. The Hall–Kier alpha value is -1.05. The summed E-state index contributed by atoms with van der Waals surface area (Å²) in [7, 11) is 1.93. The van der Waals surface area contributed by atoms with Crippen LogP contribution in [0.4, 0.5) is 0 Å². The molecule has 0 fully saturated rings. The fourth-order valence-corrected chi connectivity index (χ4v) is 2.63. The summed E-state index contributed by atoms with van der Waals surface area (Å²) in [5, 5.41) is 9.03. The SMILES string of the molecule is CC/C(C)=C/C=C\C=C(/C)N(C)C(=S)SC(C)(C)C#N. The number of thiocarbonyl (C=S) groups is 1. The van der Waals surface area contributed by atoms with E-state index >= 15 is 0 Å². The normalized spacial score (nSPS) is 13.4. The van der Waals surface area contributed by atoms with Crippen molar-refractivity contribution >= 4 is 28.3 Å². The first-order chi connectivity index (χ1) is 9.23. The Morgan fingerprint density at radius 2 is 1.85 bits per heavy atom. The van der Waals surface area contributed by atoms with Gasteiger partial charge in [0.2, 0.25) is 0 Å². The molecule has 20 heavy (non-hydrogen) atoms. The zero-order chi connectivity index (χ0) is 15.8. The highest BCUT2D eigenvalue weighted by Crippen LogP contribution is 2.27. The average Bonchev–Trinajstić information content (AvgIpc) is 2.41. The Balaban J connectivity index is 4.66. The van der Waals surface area contributed by atoms with Gasteiger partial charge in [0, 0.05) is 12.7 Å². The molecule has 0 spiro atoms. The van der Waals surface area contributed by atoms with Crippen LogP contribution in [-0.2, 0) is 0 Å². The zero-order valence-corrected chi connectivity index (χ0v) is 14.9.